The fourth-order valence-corrected chi connectivity index (χ4v) is 3.18. The standard InChI is InChI=1S/C16H19N2O3.C2H6.W/c1-9(2)16(8-13(16)10(3)17)21-18-14(19)11-6-4-5-7-12(11)15(18)20;1-2;/h4-7,9-10,13,17H,8H2,1-3H3;1-2H3;/q-1;;. The van der Waals surface area contributed by atoms with Crippen molar-refractivity contribution < 1.29 is 35.5 Å². The Kier molecular flexibility index (Phi) is 6.92. The van der Waals surface area contributed by atoms with Gasteiger partial charge in [0, 0.05) is 21.1 Å². The van der Waals surface area contributed by atoms with E-state index in [2.05, 4.69) is 0 Å². The first-order valence-electron chi connectivity index (χ1n) is 8.26. The van der Waals surface area contributed by atoms with Crippen LogP contribution in [0.5, 0.6) is 0 Å². The number of hydroxylamine groups is 2. The van der Waals surface area contributed by atoms with Gasteiger partial charge in [0.05, 0.1) is 11.1 Å². The van der Waals surface area contributed by atoms with Gasteiger partial charge in [-0.15, -0.1) is 11.1 Å². The molecule has 3 atom stereocenters. The molecule has 0 saturated heterocycles. The zero-order valence-corrected chi connectivity index (χ0v) is 17.8. The van der Waals surface area contributed by atoms with Gasteiger partial charge in [0.15, 0.2) is 0 Å². The number of fused-ring (bicyclic) bond motifs is 1. The summed E-state index contributed by atoms with van der Waals surface area (Å²) in [5, 5.41) is 0.896. The van der Waals surface area contributed by atoms with Crippen LogP contribution in [0.1, 0.15) is 61.8 Å². The van der Waals surface area contributed by atoms with Gasteiger partial charge in [-0.3, -0.25) is 14.4 Å². The number of hydrogen-bond donors (Lipinski definition) is 0. The van der Waals surface area contributed by atoms with Crippen molar-refractivity contribution in [3.05, 3.63) is 41.1 Å². The number of carbonyl (C=O) groups is 2. The van der Waals surface area contributed by atoms with Crippen LogP contribution in [0.3, 0.4) is 0 Å². The number of nitrogens with zero attached hydrogens (tertiary/aromatic N) is 1. The Morgan fingerprint density at radius 3 is 1.92 bits per heavy atom. The van der Waals surface area contributed by atoms with Crippen LogP contribution in [0.25, 0.3) is 5.73 Å². The van der Waals surface area contributed by atoms with Crippen molar-refractivity contribution in [2.45, 2.75) is 52.7 Å². The number of amides is 2. The van der Waals surface area contributed by atoms with E-state index in [0.29, 0.717) is 17.5 Å². The van der Waals surface area contributed by atoms with E-state index in [4.69, 9.17) is 10.6 Å². The molecule has 1 N–H and O–H groups in total. The Bertz CT molecular complexity index is 583. The van der Waals surface area contributed by atoms with E-state index < -0.39 is 17.4 Å². The van der Waals surface area contributed by atoms with Crippen molar-refractivity contribution in [1.29, 1.82) is 0 Å². The van der Waals surface area contributed by atoms with Gasteiger partial charge in [-0.1, -0.05) is 46.8 Å². The quantitative estimate of drug-likeness (QED) is 0.584. The zero-order valence-electron chi connectivity index (χ0n) is 14.8. The molecule has 5 nitrogen and oxygen atoms in total. The molecule has 2 amide bonds. The Balaban J connectivity index is 0.000000925. The molecule has 3 rings (SSSR count). The molecule has 6 heteroatoms. The topological polar surface area (TPSA) is 70.4 Å². The van der Waals surface area contributed by atoms with Gasteiger partial charge in [0.2, 0.25) is 0 Å². The maximum Gasteiger partial charge on any atom is 0.285 e. The van der Waals surface area contributed by atoms with E-state index >= 15 is 0 Å². The Hall–Kier alpha value is -1.03. The molecule has 24 heavy (non-hydrogen) atoms. The first-order valence-corrected chi connectivity index (χ1v) is 8.26. The molecule has 1 aromatic carbocycles. The van der Waals surface area contributed by atoms with Gasteiger partial charge in [0.25, 0.3) is 11.8 Å². The molecule has 1 aliphatic heterocycles. The first kappa shape index (κ1) is 21.0. The van der Waals surface area contributed by atoms with Crippen LogP contribution in [-0.4, -0.2) is 28.5 Å². The summed E-state index contributed by atoms with van der Waals surface area (Å²) in [6, 6.07) is 6.47. The van der Waals surface area contributed by atoms with Gasteiger partial charge in [-0.2, -0.15) is 0 Å². The number of benzene rings is 1. The number of hydrogen-bond acceptors (Lipinski definition) is 3. The van der Waals surface area contributed by atoms with Crippen LogP contribution in [0.15, 0.2) is 24.3 Å². The number of imide groups is 1. The number of nitrogens with one attached hydrogen (secondary N) is 1. The smallest absolute Gasteiger partial charge is 0.285 e. The molecule has 0 bridgehead atoms. The predicted octanol–water partition coefficient (Wildman–Crippen LogP) is 4.09. The molecule has 0 radical (unpaired) electrons. The van der Waals surface area contributed by atoms with Gasteiger partial charge in [-0.25, -0.2) is 0 Å². The van der Waals surface area contributed by atoms with Gasteiger partial charge >= 0.3 is 0 Å². The second-order valence-electron chi connectivity index (χ2n) is 6.25. The average molecular weight is 501 g/mol. The van der Waals surface area contributed by atoms with E-state index in [1.165, 1.54) is 0 Å². The van der Waals surface area contributed by atoms with E-state index in [1.807, 2.05) is 34.6 Å². The molecule has 1 fully saturated rings. The molecule has 0 aromatic heterocycles. The third-order valence-corrected chi connectivity index (χ3v) is 4.61. The maximum atomic E-state index is 12.3. The average Bonchev–Trinajstić information content (AvgIpc) is 3.24. The molecular formula is C18H25N2O3W-. The maximum absolute atomic E-state index is 12.3. The van der Waals surface area contributed by atoms with Crippen molar-refractivity contribution in [3.8, 4) is 0 Å². The van der Waals surface area contributed by atoms with E-state index in [-0.39, 0.29) is 38.9 Å². The monoisotopic (exact) mass is 501 g/mol. The zero-order chi connectivity index (χ0) is 17.4. The summed E-state index contributed by atoms with van der Waals surface area (Å²) in [6.45, 7) is 9.82. The molecule has 1 aliphatic carbocycles. The molecule has 1 aromatic rings. The predicted molar refractivity (Wildman–Crippen MR) is 88.8 cm³/mol. The van der Waals surface area contributed by atoms with Gasteiger partial charge in [0.1, 0.15) is 5.60 Å². The van der Waals surface area contributed by atoms with Gasteiger partial charge < -0.3 is 5.73 Å². The van der Waals surface area contributed by atoms with Crippen LogP contribution in [0, 0.1) is 11.8 Å². The van der Waals surface area contributed by atoms with Crippen molar-refractivity contribution in [2.24, 2.45) is 11.8 Å². The third kappa shape index (κ3) is 3.35. The van der Waals surface area contributed by atoms with Crippen LogP contribution in [-0.2, 0) is 25.9 Å². The molecule has 2 aliphatic rings. The summed E-state index contributed by atoms with van der Waals surface area (Å²) in [5.74, 6) is -0.612. The number of carbonyl (C=O) groups excluding carboxylic acids is 2. The first-order chi connectivity index (χ1) is 10.9. The SMILES string of the molecule is CC.CC([NH-])C1CC1(ON1C(=O)c2ccccc2C1=O)C(C)C.[W]. The van der Waals surface area contributed by atoms with Crippen LogP contribution in [0.4, 0.5) is 0 Å². The summed E-state index contributed by atoms with van der Waals surface area (Å²) in [4.78, 5) is 30.6. The summed E-state index contributed by atoms with van der Waals surface area (Å²) < 4.78 is 0. The minimum Gasteiger partial charge on any atom is -0.675 e. The second-order valence-corrected chi connectivity index (χ2v) is 6.25. The van der Waals surface area contributed by atoms with Crippen molar-refractivity contribution in [2.75, 3.05) is 0 Å². The van der Waals surface area contributed by atoms with E-state index in [1.54, 1.807) is 24.3 Å². The molecule has 1 heterocycles. The van der Waals surface area contributed by atoms with Crippen LogP contribution in [0.2, 0.25) is 0 Å². The fraction of sp³-hybridized carbons (Fsp3) is 0.556. The Labute approximate surface area is 158 Å². The largest absolute Gasteiger partial charge is 0.675 e. The fourth-order valence-electron chi connectivity index (χ4n) is 3.18. The van der Waals surface area contributed by atoms with Crippen molar-refractivity contribution in [3.63, 3.8) is 0 Å². The molecule has 132 valence electrons. The molecule has 0 spiro atoms. The Morgan fingerprint density at radius 1 is 1.12 bits per heavy atom. The second kappa shape index (κ2) is 7.90. The molecule has 3 unspecified atom stereocenters. The normalized spacial score (nSPS) is 25.6. The Morgan fingerprint density at radius 2 is 1.58 bits per heavy atom. The van der Waals surface area contributed by atoms with E-state index in [0.717, 1.165) is 5.06 Å². The summed E-state index contributed by atoms with van der Waals surface area (Å²) in [6.07, 6.45) is 0.711. The number of rotatable bonds is 4. The van der Waals surface area contributed by atoms with Gasteiger partial charge in [-0.05, 0) is 30.4 Å². The summed E-state index contributed by atoms with van der Waals surface area (Å²) in [7, 11) is 0. The van der Waals surface area contributed by atoms with Crippen LogP contribution >= 0.6 is 0 Å². The van der Waals surface area contributed by atoms with Crippen molar-refractivity contribution in [1.82, 2.24) is 5.06 Å². The van der Waals surface area contributed by atoms with E-state index in [9.17, 15) is 9.59 Å². The minimum atomic E-state index is -0.575. The summed E-state index contributed by atoms with van der Waals surface area (Å²) >= 11 is 0. The molecule has 1 saturated carbocycles. The minimum absolute atomic E-state index is 0. The summed E-state index contributed by atoms with van der Waals surface area (Å²) in [5.41, 5.74) is 8.08. The molecular weight excluding hydrogens is 476 g/mol. The van der Waals surface area contributed by atoms with Crippen LogP contribution < -0.4 is 0 Å². The van der Waals surface area contributed by atoms with Crippen molar-refractivity contribution >= 4 is 11.8 Å². The third-order valence-electron chi connectivity index (χ3n) is 4.61.